The first kappa shape index (κ1) is 22.4. The van der Waals surface area contributed by atoms with E-state index in [-0.39, 0.29) is 5.82 Å². The number of aromatic nitrogens is 4. The van der Waals surface area contributed by atoms with Crippen LogP contribution in [0.5, 0.6) is 0 Å². The molecule has 0 aliphatic carbocycles. The van der Waals surface area contributed by atoms with Gasteiger partial charge in [-0.1, -0.05) is 6.92 Å². The molecule has 5 heterocycles. The van der Waals surface area contributed by atoms with E-state index in [0.29, 0.717) is 17.1 Å². The summed E-state index contributed by atoms with van der Waals surface area (Å²) >= 11 is 0. The van der Waals surface area contributed by atoms with Crippen LogP contribution in [0.25, 0.3) is 27.7 Å². The fourth-order valence-corrected chi connectivity index (χ4v) is 5.66. The second kappa shape index (κ2) is 9.17. The van der Waals surface area contributed by atoms with Crippen molar-refractivity contribution in [3.8, 4) is 11.1 Å². The molecule has 6 rings (SSSR count). The summed E-state index contributed by atoms with van der Waals surface area (Å²) in [5.41, 5.74) is 5.05. The summed E-state index contributed by atoms with van der Waals surface area (Å²) in [5.74, 6) is -0.239. The SMILES string of the molecule is CCN1CCN(C2CCN(c3cnc4c(-c5ccnc6cc(F)c(C)cc56)cnn4c3)CC2)CC1. The third kappa shape index (κ3) is 4.15. The van der Waals surface area contributed by atoms with E-state index in [2.05, 4.69) is 37.9 Å². The maximum Gasteiger partial charge on any atom is 0.162 e. The zero-order valence-corrected chi connectivity index (χ0v) is 20.5. The number of hydrogen-bond donors (Lipinski definition) is 0. The lowest BCUT2D eigenvalue weighted by Crippen LogP contribution is -2.53. The lowest BCUT2D eigenvalue weighted by atomic mass is 10.0. The molecule has 0 N–H and O–H groups in total. The number of anilines is 1. The first-order chi connectivity index (χ1) is 17.1. The quantitative estimate of drug-likeness (QED) is 0.447. The Hall–Kier alpha value is -3.10. The molecule has 2 aliphatic rings. The first-order valence-corrected chi connectivity index (χ1v) is 12.7. The van der Waals surface area contributed by atoms with Crippen LogP contribution < -0.4 is 4.90 Å². The van der Waals surface area contributed by atoms with Crippen molar-refractivity contribution in [2.24, 2.45) is 0 Å². The minimum absolute atomic E-state index is 0.239. The smallest absolute Gasteiger partial charge is 0.162 e. The predicted molar refractivity (Wildman–Crippen MR) is 137 cm³/mol. The van der Waals surface area contributed by atoms with Crippen LogP contribution in [0, 0.1) is 12.7 Å². The zero-order valence-electron chi connectivity index (χ0n) is 20.5. The van der Waals surface area contributed by atoms with Crippen molar-refractivity contribution in [2.75, 3.05) is 50.7 Å². The molecule has 2 saturated heterocycles. The third-order valence-electron chi connectivity index (χ3n) is 7.86. The normalized spacial score (nSPS) is 18.7. The van der Waals surface area contributed by atoms with Crippen LogP contribution in [0.4, 0.5) is 10.1 Å². The molecule has 0 bridgehead atoms. The Morgan fingerprint density at radius 2 is 1.77 bits per heavy atom. The van der Waals surface area contributed by atoms with Gasteiger partial charge in [0.15, 0.2) is 5.65 Å². The van der Waals surface area contributed by atoms with E-state index in [1.54, 1.807) is 13.1 Å². The summed E-state index contributed by atoms with van der Waals surface area (Å²) in [4.78, 5) is 16.8. The molecule has 1 aromatic carbocycles. The number of benzene rings is 1. The fraction of sp³-hybridized carbons (Fsp3) is 0.444. The molecule has 0 radical (unpaired) electrons. The highest BCUT2D eigenvalue weighted by Crippen LogP contribution is 2.32. The molecule has 2 fully saturated rings. The number of pyridine rings is 1. The summed E-state index contributed by atoms with van der Waals surface area (Å²) in [5, 5.41) is 5.53. The Morgan fingerprint density at radius 1 is 0.971 bits per heavy atom. The zero-order chi connectivity index (χ0) is 23.9. The van der Waals surface area contributed by atoms with Crippen LogP contribution in [-0.4, -0.2) is 81.2 Å². The van der Waals surface area contributed by atoms with Crippen LogP contribution >= 0.6 is 0 Å². The summed E-state index contributed by atoms with van der Waals surface area (Å²) in [6.07, 6.45) is 9.99. The second-order valence-corrected chi connectivity index (χ2v) is 9.80. The lowest BCUT2D eigenvalue weighted by molar-refractivity contribution is 0.0878. The van der Waals surface area contributed by atoms with Gasteiger partial charge in [-0.25, -0.2) is 13.9 Å². The van der Waals surface area contributed by atoms with Crippen LogP contribution in [-0.2, 0) is 0 Å². The van der Waals surface area contributed by atoms with E-state index in [9.17, 15) is 4.39 Å². The minimum Gasteiger partial charge on any atom is -0.369 e. The van der Waals surface area contributed by atoms with Crippen molar-refractivity contribution in [3.63, 3.8) is 0 Å². The standard InChI is InChI=1S/C27H32FN7/c1-3-32-10-12-34(13-11-32)20-5-8-33(9-6-20)21-16-30-27-24(17-31-35(27)18-21)22-4-7-29-26-15-25(28)19(2)14-23(22)26/h4,7,14-18,20H,3,5-6,8-13H2,1-2H3. The van der Waals surface area contributed by atoms with Crippen LogP contribution in [0.2, 0.25) is 0 Å². The van der Waals surface area contributed by atoms with E-state index in [1.165, 1.54) is 45.1 Å². The Balaban J connectivity index is 1.21. The van der Waals surface area contributed by atoms with Crippen molar-refractivity contribution in [2.45, 2.75) is 32.7 Å². The molecule has 35 heavy (non-hydrogen) atoms. The number of piperazine rings is 1. The number of nitrogens with zero attached hydrogens (tertiary/aromatic N) is 7. The van der Waals surface area contributed by atoms with Gasteiger partial charge in [-0.05, 0) is 49.6 Å². The first-order valence-electron chi connectivity index (χ1n) is 12.7. The highest BCUT2D eigenvalue weighted by molar-refractivity contribution is 5.98. The molecule has 7 nitrogen and oxygen atoms in total. The average Bonchev–Trinajstić information content (AvgIpc) is 3.32. The summed E-state index contributed by atoms with van der Waals surface area (Å²) in [7, 11) is 0. The molecule has 4 aromatic rings. The third-order valence-corrected chi connectivity index (χ3v) is 7.86. The number of likely N-dealkylation sites (N-methyl/N-ethyl adjacent to an activating group) is 1. The number of aryl methyl sites for hydroxylation is 1. The van der Waals surface area contributed by atoms with E-state index in [4.69, 9.17) is 4.98 Å². The predicted octanol–water partition coefficient (Wildman–Crippen LogP) is 4.00. The highest BCUT2D eigenvalue weighted by atomic mass is 19.1. The van der Waals surface area contributed by atoms with Gasteiger partial charge in [0.25, 0.3) is 0 Å². The van der Waals surface area contributed by atoms with Gasteiger partial charge < -0.3 is 9.80 Å². The Kier molecular flexibility index (Phi) is 5.86. The van der Waals surface area contributed by atoms with Gasteiger partial charge in [-0.3, -0.25) is 9.88 Å². The number of piperidine rings is 1. The lowest BCUT2D eigenvalue weighted by Gasteiger charge is -2.43. The van der Waals surface area contributed by atoms with Crippen molar-refractivity contribution in [1.82, 2.24) is 29.4 Å². The van der Waals surface area contributed by atoms with Gasteiger partial charge in [-0.15, -0.1) is 0 Å². The maximum absolute atomic E-state index is 14.1. The number of hydrogen-bond acceptors (Lipinski definition) is 6. The summed E-state index contributed by atoms with van der Waals surface area (Å²) in [6, 6.07) is 6.00. The van der Waals surface area contributed by atoms with Crippen molar-refractivity contribution in [3.05, 3.63) is 54.4 Å². The number of halogens is 1. The van der Waals surface area contributed by atoms with E-state index in [1.807, 2.05) is 29.0 Å². The highest BCUT2D eigenvalue weighted by Gasteiger charge is 2.27. The average molecular weight is 474 g/mol. The molecule has 0 amide bonds. The van der Waals surface area contributed by atoms with Crippen LogP contribution in [0.1, 0.15) is 25.3 Å². The largest absolute Gasteiger partial charge is 0.369 e. The van der Waals surface area contributed by atoms with Crippen LogP contribution in [0.15, 0.2) is 43.0 Å². The topological polar surface area (TPSA) is 52.8 Å². The Bertz CT molecular complexity index is 1350. The molecule has 0 spiro atoms. The molecular formula is C27H32FN7. The van der Waals surface area contributed by atoms with E-state index < -0.39 is 0 Å². The molecule has 2 aliphatic heterocycles. The summed E-state index contributed by atoms with van der Waals surface area (Å²) < 4.78 is 15.9. The van der Waals surface area contributed by atoms with Crippen LogP contribution in [0.3, 0.4) is 0 Å². The maximum atomic E-state index is 14.1. The molecule has 0 saturated carbocycles. The van der Waals surface area contributed by atoms with Crippen molar-refractivity contribution in [1.29, 1.82) is 0 Å². The molecule has 0 atom stereocenters. The van der Waals surface area contributed by atoms with Gasteiger partial charge in [0, 0.05) is 68.5 Å². The van der Waals surface area contributed by atoms with E-state index in [0.717, 1.165) is 47.5 Å². The van der Waals surface area contributed by atoms with Gasteiger partial charge in [0.05, 0.1) is 29.8 Å². The fourth-order valence-electron chi connectivity index (χ4n) is 5.66. The van der Waals surface area contributed by atoms with Crippen molar-refractivity contribution < 1.29 is 4.39 Å². The van der Waals surface area contributed by atoms with Crippen molar-refractivity contribution >= 4 is 22.2 Å². The van der Waals surface area contributed by atoms with Gasteiger partial charge in [-0.2, -0.15) is 5.10 Å². The molecule has 8 heteroatoms. The van der Waals surface area contributed by atoms with Gasteiger partial charge in [0.1, 0.15) is 5.82 Å². The minimum atomic E-state index is -0.239. The molecule has 3 aromatic heterocycles. The van der Waals surface area contributed by atoms with Gasteiger partial charge >= 0.3 is 0 Å². The Labute approximate surface area is 205 Å². The molecule has 0 unspecified atom stereocenters. The molecule has 182 valence electrons. The molecular weight excluding hydrogens is 441 g/mol. The second-order valence-electron chi connectivity index (χ2n) is 9.80. The van der Waals surface area contributed by atoms with E-state index >= 15 is 0 Å². The monoisotopic (exact) mass is 473 g/mol. The summed E-state index contributed by atoms with van der Waals surface area (Å²) in [6.45, 7) is 12.0. The van der Waals surface area contributed by atoms with Gasteiger partial charge in [0.2, 0.25) is 0 Å². The Morgan fingerprint density at radius 3 is 2.54 bits per heavy atom. The number of fused-ring (bicyclic) bond motifs is 2. The number of rotatable bonds is 4.